The smallest absolute Gasteiger partial charge is 0.271 e. The molecule has 1 aliphatic rings. The van der Waals surface area contributed by atoms with E-state index in [1.165, 1.54) is 37.1 Å². The molecular weight excluding hydrogens is 296 g/mol. The Morgan fingerprint density at radius 2 is 2.24 bits per heavy atom. The standard InChI is InChI=1S/C13H14N2O5S/c1-8(16)21-10-6-13(17)14(7-10)11-5-9(15(18)19)3-4-12(11)20-2/h3-5,10H,6-7H2,1-2H3. The van der Waals surface area contributed by atoms with E-state index < -0.39 is 4.92 Å². The lowest BCUT2D eigenvalue weighted by atomic mass is 10.2. The maximum absolute atomic E-state index is 12.1. The zero-order valence-electron chi connectivity index (χ0n) is 11.6. The first-order chi connectivity index (χ1) is 9.92. The Balaban J connectivity index is 2.32. The van der Waals surface area contributed by atoms with Gasteiger partial charge in [0, 0.05) is 37.3 Å². The van der Waals surface area contributed by atoms with Crippen molar-refractivity contribution >= 4 is 34.2 Å². The van der Waals surface area contributed by atoms with Gasteiger partial charge >= 0.3 is 0 Å². The lowest BCUT2D eigenvalue weighted by molar-refractivity contribution is -0.384. The third-order valence-corrected chi connectivity index (χ3v) is 4.07. The topological polar surface area (TPSA) is 89.8 Å². The number of methoxy groups -OCH3 is 1. The Morgan fingerprint density at radius 1 is 1.52 bits per heavy atom. The number of non-ortho nitro benzene ring substituents is 1. The van der Waals surface area contributed by atoms with Gasteiger partial charge in [0.25, 0.3) is 5.69 Å². The maximum Gasteiger partial charge on any atom is 0.271 e. The molecule has 0 N–H and O–H groups in total. The Labute approximate surface area is 125 Å². The van der Waals surface area contributed by atoms with Crippen molar-refractivity contribution in [2.45, 2.75) is 18.6 Å². The van der Waals surface area contributed by atoms with Gasteiger partial charge in [0.05, 0.1) is 17.7 Å². The average molecular weight is 310 g/mol. The third kappa shape index (κ3) is 3.33. The summed E-state index contributed by atoms with van der Waals surface area (Å²) in [5.41, 5.74) is 0.254. The van der Waals surface area contributed by atoms with Gasteiger partial charge in [0.2, 0.25) is 5.91 Å². The van der Waals surface area contributed by atoms with Gasteiger partial charge in [-0.05, 0) is 6.07 Å². The minimum atomic E-state index is -0.523. The molecule has 2 rings (SSSR count). The molecule has 8 heteroatoms. The summed E-state index contributed by atoms with van der Waals surface area (Å²) in [4.78, 5) is 35.0. The predicted molar refractivity (Wildman–Crippen MR) is 78.7 cm³/mol. The number of thioether (sulfide) groups is 1. The van der Waals surface area contributed by atoms with Crippen LogP contribution in [0, 0.1) is 10.1 Å². The fourth-order valence-electron chi connectivity index (χ4n) is 2.22. The minimum absolute atomic E-state index is 0.0549. The third-order valence-electron chi connectivity index (χ3n) is 3.09. The van der Waals surface area contributed by atoms with Crippen molar-refractivity contribution in [3.63, 3.8) is 0 Å². The van der Waals surface area contributed by atoms with Crippen molar-refractivity contribution < 1.29 is 19.2 Å². The van der Waals surface area contributed by atoms with Crippen molar-refractivity contribution in [3.8, 4) is 5.75 Å². The number of benzene rings is 1. The Morgan fingerprint density at radius 3 is 2.81 bits per heavy atom. The van der Waals surface area contributed by atoms with Crippen LogP contribution in [0.5, 0.6) is 5.75 Å². The van der Waals surface area contributed by atoms with Crippen LogP contribution in [0.2, 0.25) is 0 Å². The molecular formula is C13H14N2O5S. The molecule has 0 saturated carbocycles. The fourth-order valence-corrected chi connectivity index (χ4v) is 3.14. The van der Waals surface area contributed by atoms with Crippen molar-refractivity contribution in [1.29, 1.82) is 0 Å². The van der Waals surface area contributed by atoms with Crippen LogP contribution in [0.3, 0.4) is 0 Å². The monoisotopic (exact) mass is 310 g/mol. The molecule has 0 aromatic heterocycles. The first-order valence-electron chi connectivity index (χ1n) is 6.22. The molecule has 1 saturated heterocycles. The van der Waals surface area contributed by atoms with Crippen molar-refractivity contribution in [2.24, 2.45) is 0 Å². The Hall–Kier alpha value is -2.09. The molecule has 1 heterocycles. The molecule has 1 aromatic carbocycles. The largest absolute Gasteiger partial charge is 0.495 e. The van der Waals surface area contributed by atoms with Gasteiger partial charge in [-0.3, -0.25) is 19.7 Å². The molecule has 21 heavy (non-hydrogen) atoms. The highest BCUT2D eigenvalue weighted by molar-refractivity contribution is 8.14. The van der Waals surface area contributed by atoms with E-state index in [-0.39, 0.29) is 28.4 Å². The maximum atomic E-state index is 12.1. The lowest BCUT2D eigenvalue weighted by Gasteiger charge is -2.19. The van der Waals surface area contributed by atoms with E-state index >= 15 is 0 Å². The number of amides is 1. The van der Waals surface area contributed by atoms with Gasteiger partial charge in [-0.2, -0.15) is 0 Å². The van der Waals surface area contributed by atoms with Crippen LogP contribution in [0.1, 0.15) is 13.3 Å². The number of nitro benzene ring substituents is 1. The van der Waals surface area contributed by atoms with Crippen LogP contribution in [-0.2, 0) is 9.59 Å². The second kappa shape index (κ2) is 6.13. The highest BCUT2D eigenvalue weighted by Crippen LogP contribution is 2.36. The highest BCUT2D eigenvalue weighted by atomic mass is 32.2. The zero-order valence-corrected chi connectivity index (χ0v) is 12.4. The van der Waals surface area contributed by atoms with Crippen LogP contribution < -0.4 is 9.64 Å². The number of nitrogens with zero attached hydrogens (tertiary/aromatic N) is 2. The molecule has 0 radical (unpaired) electrons. The number of hydrogen-bond donors (Lipinski definition) is 0. The summed E-state index contributed by atoms with van der Waals surface area (Å²) < 4.78 is 5.17. The summed E-state index contributed by atoms with van der Waals surface area (Å²) in [6.07, 6.45) is 0.232. The molecule has 1 aromatic rings. The minimum Gasteiger partial charge on any atom is -0.495 e. The molecule has 0 spiro atoms. The number of anilines is 1. The van der Waals surface area contributed by atoms with Crippen LogP contribution >= 0.6 is 11.8 Å². The van der Waals surface area contributed by atoms with Gasteiger partial charge in [-0.1, -0.05) is 11.8 Å². The van der Waals surface area contributed by atoms with Gasteiger partial charge in [0.15, 0.2) is 5.12 Å². The molecule has 0 bridgehead atoms. The Bertz CT molecular complexity index is 604. The number of carbonyl (C=O) groups excluding carboxylic acids is 2. The van der Waals surface area contributed by atoms with Crippen LogP contribution in [0.15, 0.2) is 18.2 Å². The predicted octanol–water partition coefficient (Wildman–Crippen LogP) is 1.99. The van der Waals surface area contributed by atoms with E-state index in [0.29, 0.717) is 18.0 Å². The number of carbonyl (C=O) groups is 2. The molecule has 0 aliphatic carbocycles. The van der Waals surface area contributed by atoms with Gasteiger partial charge in [-0.15, -0.1) is 0 Å². The number of ether oxygens (including phenoxy) is 1. The number of nitro groups is 1. The zero-order chi connectivity index (χ0) is 15.6. The number of hydrogen-bond acceptors (Lipinski definition) is 6. The quantitative estimate of drug-likeness (QED) is 0.624. The fraction of sp³-hybridized carbons (Fsp3) is 0.385. The van der Waals surface area contributed by atoms with Crippen LogP contribution in [0.4, 0.5) is 11.4 Å². The number of rotatable bonds is 4. The molecule has 1 fully saturated rings. The van der Waals surface area contributed by atoms with Crippen LogP contribution in [0.25, 0.3) is 0 Å². The normalized spacial score (nSPS) is 17.9. The summed E-state index contributed by atoms with van der Waals surface area (Å²) in [5, 5.41) is 10.7. The van der Waals surface area contributed by atoms with E-state index in [0.717, 1.165) is 11.8 Å². The lowest BCUT2D eigenvalue weighted by Crippen LogP contribution is -2.25. The Kier molecular flexibility index (Phi) is 4.46. The second-order valence-electron chi connectivity index (χ2n) is 4.55. The second-order valence-corrected chi connectivity index (χ2v) is 6.03. The van der Waals surface area contributed by atoms with E-state index in [1.807, 2.05) is 0 Å². The molecule has 7 nitrogen and oxygen atoms in total. The summed E-state index contributed by atoms with van der Waals surface area (Å²) in [6.45, 7) is 1.78. The van der Waals surface area contributed by atoms with E-state index in [1.54, 1.807) is 0 Å². The van der Waals surface area contributed by atoms with E-state index in [2.05, 4.69) is 0 Å². The molecule has 1 aliphatic heterocycles. The summed E-state index contributed by atoms with van der Waals surface area (Å²) in [5.74, 6) is 0.218. The summed E-state index contributed by atoms with van der Waals surface area (Å²) in [6, 6.07) is 4.11. The van der Waals surface area contributed by atoms with Crippen molar-refractivity contribution in [1.82, 2.24) is 0 Å². The average Bonchev–Trinajstić information content (AvgIpc) is 2.77. The molecule has 112 valence electrons. The van der Waals surface area contributed by atoms with E-state index in [9.17, 15) is 19.7 Å². The first-order valence-corrected chi connectivity index (χ1v) is 7.10. The van der Waals surface area contributed by atoms with Crippen molar-refractivity contribution in [3.05, 3.63) is 28.3 Å². The van der Waals surface area contributed by atoms with Gasteiger partial charge < -0.3 is 9.64 Å². The van der Waals surface area contributed by atoms with E-state index in [4.69, 9.17) is 4.74 Å². The molecule has 1 unspecified atom stereocenters. The van der Waals surface area contributed by atoms with Gasteiger partial charge in [0.1, 0.15) is 5.75 Å². The SMILES string of the molecule is COc1ccc([N+](=O)[O-])cc1N1CC(SC(C)=O)CC1=O. The van der Waals surface area contributed by atoms with Crippen LogP contribution in [-0.4, -0.2) is 34.9 Å². The molecule has 1 atom stereocenters. The first kappa shape index (κ1) is 15.3. The van der Waals surface area contributed by atoms with Crippen molar-refractivity contribution in [2.75, 3.05) is 18.6 Å². The summed E-state index contributed by atoms with van der Waals surface area (Å²) in [7, 11) is 1.44. The highest BCUT2D eigenvalue weighted by Gasteiger charge is 2.34. The molecule has 1 amide bonds. The summed E-state index contributed by atoms with van der Waals surface area (Å²) >= 11 is 1.11. The van der Waals surface area contributed by atoms with Gasteiger partial charge in [-0.25, -0.2) is 0 Å².